The highest BCUT2D eigenvalue weighted by Gasteiger charge is 2.04. The zero-order valence-corrected chi connectivity index (χ0v) is 9.68. The first-order valence-corrected chi connectivity index (χ1v) is 6.05. The average molecular weight is 238 g/mol. The molecule has 2 N–H and O–H groups in total. The van der Waals surface area contributed by atoms with Crippen LogP contribution in [-0.2, 0) is 0 Å². The van der Waals surface area contributed by atoms with E-state index in [9.17, 15) is 9.59 Å². The molecule has 86 valence electrons. The summed E-state index contributed by atoms with van der Waals surface area (Å²) in [6.45, 7) is 4.19. The van der Waals surface area contributed by atoms with Crippen LogP contribution in [0.5, 0.6) is 0 Å². The lowest BCUT2D eigenvalue weighted by Gasteiger charge is -2.03. The Morgan fingerprint density at radius 3 is 3.12 bits per heavy atom. The third-order valence-corrected chi connectivity index (χ3v) is 2.77. The van der Waals surface area contributed by atoms with Gasteiger partial charge in [0.25, 0.3) is 5.91 Å². The Morgan fingerprint density at radius 1 is 1.62 bits per heavy atom. The Morgan fingerprint density at radius 2 is 2.44 bits per heavy atom. The van der Waals surface area contributed by atoms with Crippen LogP contribution in [0.25, 0.3) is 0 Å². The number of carbonyl (C=O) groups is 1. The fourth-order valence-electron chi connectivity index (χ4n) is 1.09. The van der Waals surface area contributed by atoms with Gasteiger partial charge in [0, 0.05) is 35.9 Å². The molecule has 0 aliphatic carbocycles. The number of hydrogen-bond acceptors (Lipinski definition) is 3. The van der Waals surface area contributed by atoms with Gasteiger partial charge in [-0.25, -0.2) is 0 Å². The van der Waals surface area contributed by atoms with E-state index in [1.54, 1.807) is 17.8 Å². The molecule has 16 heavy (non-hydrogen) atoms. The normalized spacial score (nSPS) is 9.75. The number of carbonyl (C=O) groups excluding carboxylic acids is 1. The Bertz CT molecular complexity index is 414. The van der Waals surface area contributed by atoms with Gasteiger partial charge in [0.05, 0.1) is 0 Å². The number of aromatic amines is 1. The summed E-state index contributed by atoms with van der Waals surface area (Å²) >= 11 is 1.69. The van der Waals surface area contributed by atoms with Crippen LogP contribution >= 0.6 is 11.8 Å². The number of thioether (sulfide) groups is 1. The zero-order valence-electron chi connectivity index (χ0n) is 8.86. The fraction of sp³-hybridized carbons (Fsp3) is 0.273. The van der Waals surface area contributed by atoms with E-state index in [1.165, 1.54) is 12.3 Å². The number of amides is 1. The van der Waals surface area contributed by atoms with Crippen LogP contribution < -0.4 is 10.9 Å². The summed E-state index contributed by atoms with van der Waals surface area (Å²) in [7, 11) is 0. The van der Waals surface area contributed by atoms with E-state index in [0.29, 0.717) is 12.1 Å². The molecule has 1 amide bonds. The minimum absolute atomic E-state index is 0.217. The van der Waals surface area contributed by atoms with E-state index >= 15 is 0 Å². The second-order valence-electron chi connectivity index (χ2n) is 3.06. The highest BCUT2D eigenvalue weighted by Crippen LogP contribution is 1.98. The lowest BCUT2D eigenvalue weighted by Crippen LogP contribution is -2.26. The molecule has 0 atom stereocenters. The summed E-state index contributed by atoms with van der Waals surface area (Å²) in [4.78, 5) is 25.0. The minimum atomic E-state index is -0.270. The summed E-state index contributed by atoms with van der Waals surface area (Å²) in [6, 6.07) is 2.86. The third kappa shape index (κ3) is 4.35. The first kappa shape index (κ1) is 12.6. The van der Waals surface area contributed by atoms with Gasteiger partial charge in [0.2, 0.25) is 5.56 Å². The van der Waals surface area contributed by atoms with Gasteiger partial charge in [-0.3, -0.25) is 9.59 Å². The van der Waals surface area contributed by atoms with E-state index in [0.717, 1.165) is 11.5 Å². The molecule has 1 heterocycles. The predicted octanol–water partition coefficient (Wildman–Crippen LogP) is 1.02. The summed E-state index contributed by atoms with van der Waals surface area (Å²) < 4.78 is 0. The number of aromatic nitrogens is 1. The van der Waals surface area contributed by atoms with Gasteiger partial charge in [-0.15, -0.1) is 6.58 Å². The van der Waals surface area contributed by atoms with Crippen LogP contribution in [0.2, 0.25) is 0 Å². The Kier molecular flexibility index (Phi) is 5.42. The van der Waals surface area contributed by atoms with E-state index in [2.05, 4.69) is 16.9 Å². The van der Waals surface area contributed by atoms with Crippen molar-refractivity contribution in [2.24, 2.45) is 0 Å². The predicted molar refractivity (Wildman–Crippen MR) is 66.9 cm³/mol. The SMILES string of the molecule is C=CCSCCNC(=O)c1cc[nH]c(=O)c1. The Labute approximate surface area is 98.1 Å². The quantitative estimate of drug-likeness (QED) is 0.574. The second kappa shape index (κ2) is 6.90. The Balaban J connectivity index is 2.35. The molecule has 0 spiro atoms. The molecule has 0 aromatic carbocycles. The molecule has 0 bridgehead atoms. The van der Waals surface area contributed by atoms with Crippen LogP contribution in [0, 0.1) is 0 Å². The van der Waals surface area contributed by atoms with Crippen molar-refractivity contribution in [1.29, 1.82) is 0 Å². The van der Waals surface area contributed by atoms with Gasteiger partial charge in [-0.2, -0.15) is 11.8 Å². The van der Waals surface area contributed by atoms with Crippen molar-refractivity contribution < 1.29 is 4.79 Å². The van der Waals surface area contributed by atoms with Crippen molar-refractivity contribution in [3.8, 4) is 0 Å². The summed E-state index contributed by atoms with van der Waals surface area (Å²) in [5, 5.41) is 2.74. The number of H-pyrrole nitrogens is 1. The molecule has 0 unspecified atom stereocenters. The number of nitrogens with one attached hydrogen (secondary N) is 2. The molecular weight excluding hydrogens is 224 g/mol. The molecule has 4 nitrogen and oxygen atoms in total. The van der Waals surface area contributed by atoms with Crippen molar-refractivity contribution in [3.05, 3.63) is 46.9 Å². The summed E-state index contributed by atoms with van der Waals surface area (Å²) in [6.07, 6.45) is 3.28. The standard InChI is InChI=1S/C11H14N2O2S/c1-2-6-16-7-5-13-11(15)9-3-4-12-10(14)8-9/h2-4,8H,1,5-7H2,(H,12,14)(H,13,15). The van der Waals surface area contributed by atoms with Gasteiger partial charge >= 0.3 is 0 Å². The second-order valence-corrected chi connectivity index (χ2v) is 4.21. The molecule has 1 aromatic heterocycles. The number of rotatable bonds is 6. The topological polar surface area (TPSA) is 62.0 Å². The summed E-state index contributed by atoms with van der Waals surface area (Å²) in [5.74, 6) is 1.49. The molecule has 0 radical (unpaired) electrons. The van der Waals surface area contributed by atoms with Crippen LogP contribution in [-0.4, -0.2) is 28.9 Å². The van der Waals surface area contributed by atoms with Crippen LogP contribution in [0.3, 0.4) is 0 Å². The van der Waals surface area contributed by atoms with Gasteiger partial charge in [0.15, 0.2) is 0 Å². The lowest BCUT2D eigenvalue weighted by atomic mass is 10.2. The monoisotopic (exact) mass is 238 g/mol. The van der Waals surface area contributed by atoms with E-state index in [4.69, 9.17) is 0 Å². The Hall–Kier alpha value is -1.49. The van der Waals surface area contributed by atoms with Crippen LogP contribution in [0.4, 0.5) is 0 Å². The van der Waals surface area contributed by atoms with Crippen molar-refractivity contribution in [1.82, 2.24) is 10.3 Å². The van der Waals surface area contributed by atoms with Gasteiger partial charge in [-0.1, -0.05) is 6.08 Å². The molecule has 1 aromatic rings. The van der Waals surface area contributed by atoms with Crippen molar-refractivity contribution in [2.45, 2.75) is 0 Å². The van der Waals surface area contributed by atoms with Gasteiger partial charge < -0.3 is 10.3 Å². The summed E-state index contributed by atoms with van der Waals surface area (Å²) in [5.41, 5.74) is 0.117. The molecule has 0 saturated carbocycles. The maximum absolute atomic E-state index is 11.5. The van der Waals surface area contributed by atoms with Crippen molar-refractivity contribution in [2.75, 3.05) is 18.1 Å². The first-order valence-electron chi connectivity index (χ1n) is 4.89. The molecular formula is C11H14N2O2S. The van der Waals surface area contributed by atoms with E-state index < -0.39 is 0 Å². The average Bonchev–Trinajstić information content (AvgIpc) is 2.28. The molecule has 0 fully saturated rings. The minimum Gasteiger partial charge on any atom is -0.351 e. The van der Waals surface area contributed by atoms with Crippen LogP contribution in [0.15, 0.2) is 35.8 Å². The van der Waals surface area contributed by atoms with Crippen LogP contribution in [0.1, 0.15) is 10.4 Å². The van der Waals surface area contributed by atoms with Gasteiger partial charge in [0.1, 0.15) is 0 Å². The highest BCUT2D eigenvalue weighted by molar-refractivity contribution is 7.99. The molecule has 0 aliphatic rings. The third-order valence-electron chi connectivity index (χ3n) is 1.80. The fourth-order valence-corrected chi connectivity index (χ4v) is 1.67. The molecule has 0 aliphatic heterocycles. The largest absolute Gasteiger partial charge is 0.351 e. The molecule has 5 heteroatoms. The van der Waals surface area contributed by atoms with E-state index in [1.807, 2.05) is 6.08 Å². The van der Waals surface area contributed by atoms with E-state index in [-0.39, 0.29) is 11.5 Å². The zero-order chi connectivity index (χ0) is 11.8. The van der Waals surface area contributed by atoms with Crippen molar-refractivity contribution >= 4 is 17.7 Å². The van der Waals surface area contributed by atoms with Gasteiger partial charge in [-0.05, 0) is 6.07 Å². The van der Waals surface area contributed by atoms with Crippen molar-refractivity contribution in [3.63, 3.8) is 0 Å². The highest BCUT2D eigenvalue weighted by atomic mass is 32.2. The lowest BCUT2D eigenvalue weighted by molar-refractivity contribution is 0.0956. The molecule has 0 saturated heterocycles. The maximum Gasteiger partial charge on any atom is 0.251 e. The smallest absolute Gasteiger partial charge is 0.251 e. The number of pyridine rings is 1. The molecule has 1 rings (SSSR count). The number of hydrogen-bond donors (Lipinski definition) is 2. The maximum atomic E-state index is 11.5. The first-order chi connectivity index (χ1) is 7.74.